The van der Waals surface area contributed by atoms with Gasteiger partial charge in [0.05, 0.1) is 0 Å². The van der Waals surface area contributed by atoms with Crippen molar-refractivity contribution in [2.24, 2.45) is 0 Å². The van der Waals surface area contributed by atoms with Crippen molar-refractivity contribution in [3.8, 4) is 0 Å². The third-order valence-corrected chi connectivity index (χ3v) is 3.17. The number of amides is 1. The van der Waals surface area contributed by atoms with Crippen molar-refractivity contribution in [1.82, 2.24) is 14.8 Å². The second kappa shape index (κ2) is 7.69. The minimum atomic E-state index is -0.966. The molecule has 1 rings (SSSR count). The second-order valence-corrected chi connectivity index (χ2v) is 4.78. The number of nitrogens with zero attached hydrogens (tertiary/aromatic N) is 2. The van der Waals surface area contributed by atoms with E-state index in [-0.39, 0.29) is 18.5 Å². The van der Waals surface area contributed by atoms with Gasteiger partial charge in [-0.25, -0.2) is 0 Å². The number of rotatable bonds is 8. The van der Waals surface area contributed by atoms with E-state index in [1.807, 2.05) is 6.92 Å². The first-order valence-electron chi connectivity index (χ1n) is 6.88. The highest BCUT2D eigenvalue weighted by molar-refractivity contribution is 5.93. The predicted molar refractivity (Wildman–Crippen MR) is 76.8 cm³/mol. The molecule has 0 saturated carbocycles. The van der Waals surface area contributed by atoms with E-state index in [4.69, 9.17) is 5.11 Å². The zero-order valence-corrected chi connectivity index (χ0v) is 12.3. The molecular weight excluding hydrogens is 258 g/mol. The monoisotopic (exact) mass is 281 g/mol. The van der Waals surface area contributed by atoms with Crippen LogP contribution in [0.5, 0.6) is 0 Å². The quantitative estimate of drug-likeness (QED) is 0.746. The van der Waals surface area contributed by atoms with Crippen molar-refractivity contribution in [1.29, 1.82) is 0 Å². The fourth-order valence-corrected chi connectivity index (χ4v) is 2.12. The molecule has 1 aromatic rings. The summed E-state index contributed by atoms with van der Waals surface area (Å²) >= 11 is 0. The number of aromatic nitrogens is 1. The summed E-state index contributed by atoms with van der Waals surface area (Å²) in [5, 5.41) is 11.7. The third kappa shape index (κ3) is 4.70. The molecule has 0 fully saturated rings. The van der Waals surface area contributed by atoms with Crippen molar-refractivity contribution >= 4 is 11.9 Å². The maximum Gasteiger partial charge on any atom is 0.323 e. The summed E-state index contributed by atoms with van der Waals surface area (Å²) in [6, 6.07) is 3.31. The number of carbonyl (C=O) groups excluding carboxylic acids is 1. The molecule has 6 heteroatoms. The van der Waals surface area contributed by atoms with Crippen LogP contribution >= 0.6 is 0 Å². The van der Waals surface area contributed by atoms with Gasteiger partial charge in [0.25, 0.3) is 5.91 Å². The van der Waals surface area contributed by atoms with Gasteiger partial charge in [0.1, 0.15) is 12.2 Å². The van der Waals surface area contributed by atoms with Crippen LogP contribution in [0.3, 0.4) is 0 Å². The number of carbonyl (C=O) groups is 2. The molecule has 112 valence electrons. The van der Waals surface area contributed by atoms with Gasteiger partial charge < -0.3 is 19.9 Å². The van der Waals surface area contributed by atoms with Gasteiger partial charge in [0.15, 0.2) is 0 Å². The van der Waals surface area contributed by atoms with Crippen molar-refractivity contribution in [2.75, 3.05) is 19.6 Å². The molecular formula is C14H23N3O3. The van der Waals surface area contributed by atoms with Crippen LogP contribution in [0.25, 0.3) is 0 Å². The number of likely N-dealkylation sites (N-methyl/N-ethyl adjacent to an activating group) is 1. The standard InChI is InChI=1S/C14H23N3O3/c1-4-16(5-2)9-11(3)15-14(20)12-7-6-8-17(12)10-13(18)19/h6-8,11H,4-5,9-10H2,1-3H3,(H,15,20)(H,18,19). The minimum absolute atomic E-state index is 0.00979. The van der Waals surface area contributed by atoms with Crippen molar-refractivity contribution in [3.63, 3.8) is 0 Å². The van der Waals surface area contributed by atoms with E-state index >= 15 is 0 Å². The van der Waals surface area contributed by atoms with Crippen LogP contribution in [0, 0.1) is 0 Å². The van der Waals surface area contributed by atoms with Crippen LogP contribution < -0.4 is 5.32 Å². The average Bonchev–Trinajstić information content (AvgIpc) is 2.83. The first kappa shape index (κ1) is 16.2. The summed E-state index contributed by atoms with van der Waals surface area (Å²) in [7, 11) is 0. The molecule has 1 amide bonds. The number of aliphatic carboxylic acids is 1. The molecule has 20 heavy (non-hydrogen) atoms. The fraction of sp³-hybridized carbons (Fsp3) is 0.571. The molecule has 2 N–H and O–H groups in total. The van der Waals surface area contributed by atoms with Crippen LogP contribution in [0.1, 0.15) is 31.3 Å². The molecule has 0 saturated heterocycles. The van der Waals surface area contributed by atoms with E-state index in [1.54, 1.807) is 18.3 Å². The Morgan fingerprint density at radius 1 is 1.40 bits per heavy atom. The summed E-state index contributed by atoms with van der Waals surface area (Å²) < 4.78 is 1.43. The molecule has 0 aromatic carbocycles. The van der Waals surface area contributed by atoms with Crippen LogP contribution in [0.15, 0.2) is 18.3 Å². The van der Waals surface area contributed by atoms with E-state index in [0.717, 1.165) is 19.6 Å². The molecule has 0 spiro atoms. The van der Waals surface area contributed by atoms with Gasteiger partial charge in [0, 0.05) is 18.8 Å². The van der Waals surface area contributed by atoms with E-state index in [1.165, 1.54) is 4.57 Å². The number of carboxylic acids is 1. The van der Waals surface area contributed by atoms with Gasteiger partial charge in [-0.3, -0.25) is 9.59 Å². The number of nitrogens with one attached hydrogen (secondary N) is 1. The van der Waals surface area contributed by atoms with Gasteiger partial charge in [-0.1, -0.05) is 13.8 Å². The lowest BCUT2D eigenvalue weighted by molar-refractivity contribution is -0.137. The Labute approximate surface area is 119 Å². The highest BCUT2D eigenvalue weighted by Gasteiger charge is 2.15. The molecule has 1 aromatic heterocycles. The van der Waals surface area contributed by atoms with Crippen LogP contribution in [0.2, 0.25) is 0 Å². The SMILES string of the molecule is CCN(CC)CC(C)NC(=O)c1cccn1CC(=O)O. The predicted octanol–water partition coefficient (Wildman–Crippen LogP) is 1.03. The number of hydrogen-bond donors (Lipinski definition) is 2. The van der Waals surface area contributed by atoms with Gasteiger partial charge in [-0.15, -0.1) is 0 Å². The first-order valence-corrected chi connectivity index (χ1v) is 6.88. The van der Waals surface area contributed by atoms with Gasteiger partial charge in [-0.2, -0.15) is 0 Å². The maximum absolute atomic E-state index is 12.1. The van der Waals surface area contributed by atoms with Crippen molar-refractivity contribution in [2.45, 2.75) is 33.4 Å². The smallest absolute Gasteiger partial charge is 0.323 e. The highest BCUT2D eigenvalue weighted by Crippen LogP contribution is 2.03. The highest BCUT2D eigenvalue weighted by atomic mass is 16.4. The second-order valence-electron chi connectivity index (χ2n) is 4.78. The van der Waals surface area contributed by atoms with Crippen LogP contribution in [0.4, 0.5) is 0 Å². The molecule has 0 bridgehead atoms. The number of carboxylic acid groups (broad SMARTS) is 1. The largest absolute Gasteiger partial charge is 0.480 e. The van der Waals surface area contributed by atoms with E-state index in [9.17, 15) is 9.59 Å². The van der Waals surface area contributed by atoms with E-state index in [0.29, 0.717) is 5.69 Å². The molecule has 1 unspecified atom stereocenters. The lowest BCUT2D eigenvalue weighted by Crippen LogP contribution is -2.42. The Balaban J connectivity index is 2.62. The van der Waals surface area contributed by atoms with E-state index < -0.39 is 5.97 Å². The summed E-state index contributed by atoms with van der Waals surface area (Å²) in [6.45, 7) is 8.55. The Morgan fingerprint density at radius 3 is 2.60 bits per heavy atom. The summed E-state index contributed by atoms with van der Waals surface area (Å²) in [5.41, 5.74) is 0.374. The topological polar surface area (TPSA) is 74.6 Å². The molecule has 0 aliphatic rings. The van der Waals surface area contributed by atoms with Gasteiger partial charge in [-0.05, 0) is 32.1 Å². The molecule has 1 atom stereocenters. The Bertz CT molecular complexity index is 452. The van der Waals surface area contributed by atoms with Gasteiger partial charge in [0.2, 0.25) is 0 Å². The lowest BCUT2D eigenvalue weighted by Gasteiger charge is -2.23. The third-order valence-electron chi connectivity index (χ3n) is 3.17. The lowest BCUT2D eigenvalue weighted by atomic mass is 10.2. The zero-order valence-electron chi connectivity index (χ0n) is 12.3. The van der Waals surface area contributed by atoms with Crippen LogP contribution in [-0.2, 0) is 11.3 Å². The Kier molecular flexibility index (Phi) is 6.24. The number of hydrogen-bond acceptors (Lipinski definition) is 3. The van der Waals surface area contributed by atoms with E-state index in [2.05, 4.69) is 24.1 Å². The molecule has 0 aliphatic carbocycles. The summed E-state index contributed by atoms with van der Waals surface area (Å²) in [4.78, 5) is 25.1. The molecule has 1 heterocycles. The van der Waals surface area contributed by atoms with Gasteiger partial charge >= 0.3 is 5.97 Å². The average molecular weight is 281 g/mol. The Morgan fingerprint density at radius 2 is 2.05 bits per heavy atom. The summed E-state index contributed by atoms with van der Waals surface area (Å²) in [6.07, 6.45) is 1.60. The van der Waals surface area contributed by atoms with Crippen molar-refractivity contribution in [3.05, 3.63) is 24.0 Å². The summed E-state index contributed by atoms with van der Waals surface area (Å²) in [5.74, 6) is -1.21. The maximum atomic E-state index is 12.1. The zero-order chi connectivity index (χ0) is 15.1. The molecule has 0 aliphatic heterocycles. The normalized spacial score (nSPS) is 12.4. The van der Waals surface area contributed by atoms with Crippen molar-refractivity contribution < 1.29 is 14.7 Å². The minimum Gasteiger partial charge on any atom is -0.480 e. The first-order chi connectivity index (χ1) is 9.47. The Hall–Kier alpha value is -1.82. The molecule has 6 nitrogen and oxygen atoms in total. The fourth-order valence-electron chi connectivity index (χ4n) is 2.12. The van der Waals surface area contributed by atoms with Crippen LogP contribution in [-0.4, -0.2) is 52.1 Å². The molecule has 0 radical (unpaired) electrons.